The van der Waals surface area contributed by atoms with Gasteiger partial charge in [0.2, 0.25) is 11.8 Å². The summed E-state index contributed by atoms with van der Waals surface area (Å²) in [6.45, 7) is 14.3. The number of allylic oxidation sites excluding steroid dienone is 3. The molecule has 0 unspecified atom stereocenters. The van der Waals surface area contributed by atoms with E-state index < -0.39 is 0 Å². The number of aliphatic imine (C=N–C) groups is 1. The molecule has 0 spiro atoms. The van der Waals surface area contributed by atoms with Crippen molar-refractivity contribution in [3.63, 3.8) is 0 Å². The molecule has 0 aliphatic carbocycles. The van der Waals surface area contributed by atoms with Gasteiger partial charge >= 0.3 is 0 Å². The number of ether oxygens (including phenoxy) is 2. The van der Waals surface area contributed by atoms with E-state index in [2.05, 4.69) is 33.9 Å². The van der Waals surface area contributed by atoms with Gasteiger partial charge in [0.25, 0.3) is 0 Å². The van der Waals surface area contributed by atoms with Crippen molar-refractivity contribution < 1.29 is 14.3 Å². The van der Waals surface area contributed by atoms with Gasteiger partial charge in [-0.3, -0.25) is 4.79 Å². The Morgan fingerprint density at radius 3 is 2.79 bits per heavy atom. The average Bonchev–Trinajstić information content (AvgIpc) is 2.80. The zero-order chi connectivity index (χ0) is 24.1. The largest absolute Gasteiger partial charge is 0.475 e. The molecule has 0 aromatic carbocycles. The van der Waals surface area contributed by atoms with Crippen LogP contribution >= 0.6 is 0 Å². The van der Waals surface area contributed by atoms with Crippen molar-refractivity contribution in [2.75, 3.05) is 59.6 Å². The van der Waals surface area contributed by atoms with Gasteiger partial charge in [0, 0.05) is 62.8 Å². The number of hydrogen-bond acceptors (Lipinski definition) is 7. The van der Waals surface area contributed by atoms with Crippen LogP contribution in [0, 0.1) is 0 Å². The number of nitrogens with one attached hydrogen (secondary N) is 2. The molecule has 33 heavy (non-hydrogen) atoms. The summed E-state index contributed by atoms with van der Waals surface area (Å²) in [5.41, 5.74) is 13.5. The quantitative estimate of drug-likeness (QED) is 0.222. The fraction of sp³-hybridized carbons (Fsp3) is 0.560. The van der Waals surface area contributed by atoms with Gasteiger partial charge in [0.05, 0.1) is 24.6 Å². The molecule has 2 aliphatic heterocycles. The number of piperazine rings is 1. The number of nitrogens with two attached hydrogens (primary N) is 1. The SMILES string of the molecule is C=C1C=C(OCCOCCNC)N=C(C/C=C(\C)CCC(N)=O)C(C)=C=C1N1CCNCC1. The van der Waals surface area contributed by atoms with Crippen LogP contribution in [0.5, 0.6) is 0 Å². The van der Waals surface area contributed by atoms with Crippen LogP contribution in [0.25, 0.3) is 0 Å². The van der Waals surface area contributed by atoms with Crippen LogP contribution in [0.15, 0.2) is 57.8 Å². The Balaban J connectivity index is 2.23. The van der Waals surface area contributed by atoms with Crippen molar-refractivity contribution in [1.82, 2.24) is 15.5 Å². The van der Waals surface area contributed by atoms with Gasteiger partial charge in [-0.1, -0.05) is 24.0 Å². The number of rotatable bonds is 13. The zero-order valence-corrected chi connectivity index (χ0v) is 20.3. The molecule has 182 valence electrons. The maximum absolute atomic E-state index is 11.1. The maximum atomic E-state index is 11.1. The number of nitrogens with zero attached hydrogens (tertiary/aromatic N) is 2. The van der Waals surface area contributed by atoms with Crippen LogP contribution in [0.1, 0.15) is 33.1 Å². The van der Waals surface area contributed by atoms with Crippen LogP contribution in [-0.2, 0) is 14.3 Å². The Morgan fingerprint density at radius 1 is 1.33 bits per heavy atom. The first-order chi connectivity index (χ1) is 15.9. The summed E-state index contributed by atoms with van der Waals surface area (Å²) in [6.07, 6.45) is 5.58. The molecular formula is C25H39N5O3. The minimum Gasteiger partial charge on any atom is -0.475 e. The summed E-state index contributed by atoms with van der Waals surface area (Å²) in [4.78, 5) is 18.2. The number of likely N-dealkylation sites (N-methyl/N-ethyl adjacent to an activating group) is 1. The zero-order valence-electron chi connectivity index (χ0n) is 20.3. The molecule has 0 saturated carbocycles. The normalized spacial score (nSPS) is 17.5. The van der Waals surface area contributed by atoms with E-state index in [0.29, 0.717) is 45.0 Å². The average molecular weight is 458 g/mol. The summed E-state index contributed by atoms with van der Waals surface area (Å²) in [7, 11) is 1.89. The van der Waals surface area contributed by atoms with Gasteiger partial charge in [-0.25, -0.2) is 4.99 Å². The minimum atomic E-state index is -0.292. The predicted octanol–water partition coefficient (Wildman–Crippen LogP) is 2.03. The first-order valence-corrected chi connectivity index (χ1v) is 11.6. The third kappa shape index (κ3) is 9.80. The van der Waals surface area contributed by atoms with Gasteiger partial charge in [-0.15, -0.1) is 0 Å². The van der Waals surface area contributed by atoms with Gasteiger partial charge < -0.3 is 30.7 Å². The number of amides is 1. The van der Waals surface area contributed by atoms with E-state index in [1.807, 2.05) is 27.0 Å². The van der Waals surface area contributed by atoms with Crippen molar-refractivity contribution in [3.05, 3.63) is 52.8 Å². The highest BCUT2D eigenvalue weighted by molar-refractivity contribution is 6.01. The molecule has 1 amide bonds. The Hall–Kier alpha value is -2.64. The summed E-state index contributed by atoms with van der Waals surface area (Å²) < 4.78 is 11.5. The van der Waals surface area contributed by atoms with E-state index in [9.17, 15) is 4.79 Å². The van der Waals surface area contributed by atoms with E-state index in [0.717, 1.165) is 60.9 Å². The van der Waals surface area contributed by atoms with E-state index >= 15 is 0 Å². The molecule has 0 aromatic rings. The van der Waals surface area contributed by atoms with E-state index in [4.69, 9.17) is 20.2 Å². The van der Waals surface area contributed by atoms with Crippen molar-refractivity contribution in [3.8, 4) is 0 Å². The lowest BCUT2D eigenvalue weighted by atomic mass is 10.0. The first-order valence-electron chi connectivity index (χ1n) is 11.6. The van der Waals surface area contributed by atoms with E-state index in [1.165, 1.54) is 0 Å². The molecule has 2 heterocycles. The molecule has 1 saturated heterocycles. The third-order valence-corrected chi connectivity index (χ3v) is 5.40. The van der Waals surface area contributed by atoms with Gasteiger partial charge in [0.15, 0.2) is 0 Å². The van der Waals surface area contributed by atoms with E-state index in [-0.39, 0.29) is 5.91 Å². The van der Waals surface area contributed by atoms with E-state index in [1.54, 1.807) is 0 Å². The topological polar surface area (TPSA) is 101 Å². The molecule has 0 bridgehead atoms. The highest BCUT2D eigenvalue weighted by Crippen LogP contribution is 2.22. The van der Waals surface area contributed by atoms with Crippen molar-refractivity contribution in [2.24, 2.45) is 10.7 Å². The Kier molecular flexibility index (Phi) is 11.7. The van der Waals surface area contributed by atoms with Crippen LogP contribution in [-0.4, -0.2) is 76.1 Å². The highest BCUT2D eigenvalue weighted by Gasteiger charge is 2.18. The summed E-state index contributed by atoms with van der Waals surface area (Å²) in [6, 6.07) is 0. The highest BCUT2D eigenvalue weighted by atomic mass is 16.5. The molecule has 4 N–H and O–H groups in total. The molecule has 2 rings (SSSR count). The lowest BCUT2D eigenvalue weighted by molar-refractivity contribution is -0.117. The molecule has 0 radical (unpaired) electrons. The monoisotopic (exact) mass is 457 g/mol. The smallest absolute Gasteiger partial charge is 0.217 e. The molecule has 8 nitrogen and oxygen atoms in total. The van der Waals surface area contributed by atoms with Crippen LogP contribution in [0.3, 0.4) is 0 Å². The molecule has 8 heteroatoms. The maximum Gasteiger partial charge on any atom is 0.217 e. The molecular weight excluding hydrogens is 418 g/mol. The predicted molar refractivity (Wildman–Crippen MR) is 133 cm³/mol. The Morgan fingerprint density at radius 2 is 2.09 bits per heavy atom. The number of carbonyl (C=O) groups is 1. The Bertz CT molecular complexity index is 844. The van der Waals surface area contributed by atoms with Gasteiger partial charge in [0.1, 0.15) is 6.61 Å². The summed E-state index contributed by atoms with van der Waals surface area (Å²) in [5, 5.41) is 6.44. The fourth-order valence-electron chi connectivity index (χ4n) is 3.41. The number of hydrogen-bond donors (Lipinski definition) is 3. The fourth-order valence-corrected chi connectivity index (χ4v) is 3.41. The molecule has 0 atom stereocenters. The lowest BCUT2D eigenvalue weighted by Gasteiger charge is -2.31. The van der Waals surface area contributed by atoms with Crippen LogP contribution < -0.4 is 16.4 Å². The van der Waals surface area contributed by atoms with Crippen LogP contribution in [0.4, 0.5) is 0 Å². The molecule has 0 aromatic heterocycles. The third-order valence-electron chi connectivity index (χ3n) is 5.40. The van der Waals surface area contributed by atoms with Crippen molar-refractivity contribution in [1.29, 1.82) is 0 Å². The second-order valence-corrected chi connectivity index (χ2v) is 8.19. The lowest BCUT2D eigenvalue weighted by Crippen LogP contribution is -2.43. The second kappa shape index (κ2) is 14.5. The van der Waals surface area contributed by atoms with Gasteiger partial charge in [-0.2, -0.15) is 0 Å². The first kappa shape index (κ1) is 26.6. The number of carbonyl (C=O) groups excluding carboxylic acids is 1. The number of primary amides is 1. The van der Waals surface area contributed by atoms with Crippen molar-refractivity contribution in [2.45, 2.75) is 33.1 Å². The second-order valence-electron chi connectivity index (χ2n) is 8.19. The molecule has 1 fully saturated rings. The molecule has 2 aliphatic rings. The van der Waals surface area contributed by atoms with Crippen LogP contribution in [0.2, 0.25) is 0 Å². The Labute approximate surface area is 198 Å². The standard InChI is InChI=1S/C25H39N5O3/c1-19(6-8-24(26)31)5-7-22-20(2)17-23(30-12-9-28-10-13-30)21(3)18-25(29-22)33-16-15-32-14-11-27-4/h5,18,27-28H,3,6-16H2,1-2,4H3,(H2,26,31)/b19-5+,25-18?,29-22?. The van der Waals surface area contributed by atoms with Gasteiger partial charge in [-0.05, 0) is 27.3 Å². The van der Waals surface area contributed by atoms with Crippen molar-refractivity contribution >= 4 is 11.6 Å². The minimum absolute atomic E-state index is 0.292. The summed E-state index contributed by atoms with van der Waals surface area (Å²) >= 11 is 0. The summed E-state index contributed by atoms with van der Waals surface area (Å²) in [5.74, 6) is 0.226.